The van der Waals surface area contributed by atoms with Gasteiger partial charge in [0.15, 0.2) is 9.84 Å². The third-order valence-electron chi connectivity index (χ3n) is 1.59. The Morgan fingerprint density at radius 1 is 1.31 bits per heavy atom. The SMILES string of the molecule is CS(=O)(=O)c1ccccc1/C=C/N. The molecule has 0 saturated heterocycles. The van der Waals surface area contributed by atoms with Gasteiger partial charge in [-0.2, -0.15) is 0 Å². The minimum atomic E-state index is -3.16. The molecule has 2 N–H and O–H groups in total. The first kappa shape index (κ1) is 9.80. The summed E-state index contributed by atoms with van der Waals surface area (Å²) in [6, 6.07) is 6.72. The fraction of sp³-hybridized carbons (Fsp3) is 0.111. The third-order valence-corrected chi connectivity index (χ3v) is 2.76. The van der Waals surface area contributed by atoms with E-state index in [1.165, 1.54) is 12.5 Å². The van der Waals surface area contributed by atoms with Gasteiger partial charge in [0.25, 0.3) is 0 Å². The minimum absolute atomic E-state index is 0.303. The largest absolute Gasteiger partial charge is 0.405 e. The van der Waals surface area contributed by atoms with Crippen LogP contribution in [0.25, 0.3) is 6.08 Å². The van der Waals surface area contributed by atoms with E-state index >= 15 is 0 Å². The van der Waals surface area contributed by atoms with Crippen molar-refractivity contribution in [1.82, 2.24) is 0 Å². The zero-order chi connectivity index (χ0) is 9.90. The predicted octanol–water partition coefficient (Wildman–Crippen LogP) is 1.02. The number of hydrogen-bond acceptors (Lipinski definition) is 3. The van der Waals surface area contributed by atoms with Gasteiger partial charge in [0.2, 0.25) is 0 Å². The van der Waals surface area contributed by atoms with Crippen LogP contribution in [0.3, 0.4) is 0 Å². The number of nitrogens with two attached hydrogens (primary N) is 1. The van der Waals surface area contributed by atoms with Crippen molar-refractivity contribution in [2.75, 3.05) is 6.26 Å². The molecule has 0 saturated carbocycles. The van der Waals surface area contributed by atoms with Crippen molar-refractivity contribution in [2.24, 2.45) is 5.73 Å². The van der Waals surface area contributed by atoms with Crippen LogP contribution in [0, 0.1) is 0 Å². The zero-order valence-corrected chi connectivity index (χ0v) is 8.08. The van der Waals surface area contributed by atoms with Crippen molar-refractivity contribution < 1.29 is 8.42 Å². The lowest BCUT2D eigenvalue weighted by Gasteiger charge is -2.01. The van der Waals surface area contributed by atoms with E-state index in [2.05, 4.69) is 0 Å². The van der Waals surface area contributed by atoms with Gasteiger partial charge in [-0.25, -0.2) is 8.42 Å². The molecule has 0 bridgehead atoms. The standard InChI is InChI=1S/C9H11NO2S/c1-13(11,12)9-5-3-2-4-8(9)6-7-10/h2-7H,10H2,1H3/b7-6+. The van der Waals surface area contributed by atoms with Crippen molar-refractivity contribution in [3.05, 3.63) is 36.0 Å². The summed E-state index contributed by atoms with van der Waals surface area (Å²) in [4.78, 5) is 0.303. The van der Waals surface area contributed by atoms with Gasteiger partial charge in [0.05, 0.1) is 4.90 Å². The second kappa shape index (κ2) is 3.62. The normalized spacial score (nSPS) is 12.1. The maximum Gasteiger partial charge on any atom is 0.176 e. The first-order valence-corrected chi connectivity index (χ1v) is 5.62. The lowest BCUT2D eigenvalue weighted by molar-refractivity contribution is 0.601. The summed E-state index contributed by atoms with van der Waals surface area (Å²) >= 11 is 0. The summed E-state index contributed by atoms with van der Waals surface area (Å²) in [5.74, 6) is 0. The summed E-state index contributed by atoms with van der Waals surface area (Å²) in [5.41, 5.74) is 5.82. The van der Waals surface area contributed by atoms with Crippen LogP contribution >= 0.6 is 0 Å². The molecule has 0 unspecified atom stereocenters. The molecule has 0 amide bonds. The molecule has 0 atom stereocenters. The second-order valence-electron chi connectivity index (χ2n) is 2.67. The van der Waals surface area contributed by atoms with Gasteiger partial charge in [-0.1, -0.05) is 18.2 Å². The Hall–Kier alpha value is -1.29. The number of benzene rings is 1. The molecule has 70 valence electrons. The topological polar surface area (TPSA) is 60.2 Å². The number of hydrogen-bond donors (Lipinski definition) is 1. The smallest absolute Gasteiger partial charge is 0.176 e. The first-order chi connectivity index (χ1) is 6.05. The number of rotatable bonds is 2. The Balaban J connectivity index is 3.37. The molecule has 1 aromatic carbocycles. The fourth-order valence-electron chi connectivity index (χ4n) is 1.06. The van der Waals surface area contributed by atoms with Gasteiger partial charge in [-0.15, -0.1) is 0 Å². The molecule has 0 aromatic heterocycles. The highest BCUT2D eigenvalue weighted by Crippen LogP contribution is 2.15. The van der Waals surface area contributed by atoms with Crippen molar-refractivity contribution >= 4 is 15.9 Å². The summed E-state index contributed by atoms with van der Waals surface area (Å²) in [7, 11) is -3.16. The van der Waals surface area contributed by atoms with Crippen molar-refractivity contribution in [2.45, 2.75) is 4.90 Å². The molecule has 0 aliphatic rings. The summed E-state index contributed by atoms with van der Waals surface area (Å²) in [5, 5.41) is 0. The summed E-state index contributed by atoms with van der Waals surface area (Å²) in [6.07, 6.45) is 4.07. The van der Waals surface area contributed by atoms with Crippen LogP contribution in [-0.2, 0) is 9.84 Å². The molecule has 0 aliphatic carbocycles. The predicted molar refractivity (Wildman–Crippen MR) is 52.8 cm³/mol. The van der Waals surface area contributed by atoms with Crippen LogP contribution in [0.2, 0.25) is 0 Å². The average Bonchev–Trinajstić information content (AvgIpc) is 2.04. The fourth-order valence-corrected chi connectivity index (χ4v) is 1.95. The molecule has 3 nitrogen and oxygen atoms in total. The average molecular weight is 197 g/mol. The van der Waals surface area contributed by atoms with E-state index in [4.69, 9.17) is 5.73 Å². The van der Waals surface area contributed by atoms with E-state index in [-0.39, 0.29) is 0 Å². The second-order valence-corrected chi connectivity index (χ2v) is 4.65. The lowest BCUT2D eigenvalue weighted by atomic mass is 10.2. The number of sulfone groups is 1. The lowest BCUT2D eigenvalue weighted by Crippen LogP contribution is -1.99. The quantitative estimate of drug-likeness (QED) is 0.770. The van der Waals surface area contributed by atoms with E-state index in [1.54, 1.807) is 30.3 Å². The minimum Gasteiger partial charge on any atom is -0.405 e. The highest BCUT2D eigenvalue weighted by molar-refractivity contribution is 7.90. The first-order valence-electron chi connectivity index (χ1n) is 3.73. The van der Waals surface area contributed by atoms with Gasteiger partial charge in [0, 0.05) is 6.26 Å². The van der Waals surface area contributed by atoms with Crippen LogP contribution in [0.15, 0.2) is 35.4 Å². The Morgan fingerprint density at radius 2 is 1.92 bits per heavy atom. The van der Waals surface area contributed by atoms with Crippen LogP contribution in [-0.4, -0.2) is 14.7 Å². The Morgan fingerprint density at radius 3 is 2.46 bits per heavy atom. The van der Waals surface area contributed by atoms with E-state index in [0.717, 1.165) is 0 Å². The van der Waals surface area contributed by atoms with Crippen LogP contribution < -0.4 is 5.73 Å². The van der Waals surface area contributed by atoms with E-state index in [1.807, 2.05) is 0 Å². The van der Waals surface area contributed by atoms with Gasteiger partial charge in [-0.3, -0.25) is 0 Å². The molecule has 0 radical (unpaired) electrons. The summed E-state index contributed by atoms with van der Waals surface area (Å²) < 4.78 is 22.5. The van der Waals surface area contributed by atoms with Crippen LogP contribution in [0.1, 0.15) is 5.56 Å². The van der Waals surface area contributed by atoms with Crippen molar-refractivity contribution in [3.63, 3.8) is 0 Å². The highest BCUT2D eigenvalue weighted by Gasteiger charge is 2.09. The Labute approximate surface area is 77.8 Å². The molecule has 13 heavy (non-hydrogen) atoms. The van der Waals surface area contributed by atoms with Crippen LogP contribution in [0.5, 0.6) is 0 Å². The van der Waals surface area contributed by atoms with Crippen molar-refractivity contribution in [3.8, 4) is 0 Å². The van der Waals surface area contributed by atoms with E-state index in [9.17, 15) is 8.42 Å². The Bertz CT molecular complexity index is 421. The highest BCUT2D eigenvalue weighted by atomic mass is 32.2. The molecule has 1 aromatic rings. The molecule has 0 aliphatic heterocycles. The van der Waals surface area contributed by atoms with Crippen LogP contribution in [0.4, 0.5) is 0 Å². The molecule has 0 spiro atoms. The maximum absolute atomic E-state index is 11.3. The maximum atomic E-state index is 11.3. The van der Waals surface area contributed by atoms with E-state index < -0.39 is 9.84 Å². The molecular weight excluding hydrogens is 186 g/mol. The van der Waals surface area contributed by atoms with Gasteiger partial charge in [-0.05, 0) is 23.9 Å². The molecular formula is C9H11NO2S. The molecule has 0 heterocycles. The zero-order valence-electron chi connectivity index (χ0n) is 7.27. The van der Waals surface area contributed by atoms with E-state index in [0.29, 0.717) is 10.5 Å². The molecule has 1 rings (SSSR count). The summed E-state index contributed by atoms with van der Waals surface area (Å²) in [6.45, 7) is 0. The van der Waals surface area contributed by atoms with Gasteiger partial charge < -0.3 is 5.73 Å². The van der Waals surface area contributed by atoms with Gasteiger partial charge in [0.1, 0.15) is 0 Å². The molecule has 4 heteroatoms. The third kappa shape index (κ3) is 2.32. The van der Waals surface area contributed by atoms with Gasteiger partial charge >= 0.3 is 0 Å². The molecule has 0 fully saturated rings. The Kier molecular flexibility index (Phi) is 2.72. The van der Waals surface area contributed by atoms with Crippen molar-refractivity contribution in [1.29, 1.82) is 0 Å². The monoisotopic (exact) mass is 197 g/mol.